The molecule has 4 nitrogen and oxygen atoms in total. The van der Waals surface area contributed by atoms with Gasteiger partial charge in [0, 0.05) is 12.5 Å². The summed E-state index contributed by atoms with van der Waals surface area (Å²) in [5.74, 6) is -0.602. The van der Waals surface area contributed by atoms with Crippen molar-refractivity contribution < 1.29 is 22.7 Å². The first-order valence-corrected chi connectivity index (χ1v) is 7.54. The van der Waals surface area contributed by atoms with Gasteiger partial charge < -0.3 is 15.4 Å². The molecule has 2 atom stereocenters. The quantitative estimate of drug-likeness (QED) is 0.770. The molecule has 0 aliphatic heterocycles. The third-order valence-electron chi connectivity index (χ3n) is 3.40. The maximum atomic E-state index is 13.0. The van der Waals surface area contributed by atoms with Gasteiger partial charge in [-0.05, 0) is 25.6 Å². The number of alkyl halides is 3. The normalized spacial score (nSPS) is 14.2. The highest BCUT2D eigenvalue weighted by atomic mass is 19.4. The third kappa shape index (κ3) is 6.09. The Hall–Kier alpha value is -1.76. The van der Waals surface area contributed by atoms with Crippen LogP contribution in [-0.4, -0.2) is 32.1 Å². The second kappa shape index (κ2) is 8.76. The average Bonchev–Trinajstić information content (AvgIpc) is 2.50. The minimum Gasteiger partial charge on any atom is -0.488 e. The Balaban J connectivity index is 2.69. The van der Waals surface area contributed by atoms with Crippen LogP contribution in [0.4, 0.5) is 13.2 Å². The molecule has 1 aromatic carbocycles. The molecular weight excluding hydrogens is 309 g/mol. The molecular formula is C16H23F3N2O2. The van der Waals surface area contributed by atoms with E-state index in [-0.39, 0.29) is 24.1 Å². The molecule has 0 radical (unpaired) electrons. The van der Waals surface area contributed by atoms with Crippen LogP contribution in [0, 0.1) is 5.92 Å². The fourth-order valence-corrected chi connectivity index (χ4v) is 2.04. The molecule has 0 saturated carbocycles. The first-order valence-electron chi connectivity index (χ1n) is 7.54. The summed E-state index contributed by atoms with van der Waals surface area (Å²) >= 11 is 0. The van der Waals surface area contributed by atoms with Crippen LogP contribution in [0.25, 0.3) is 0 Å². The number of rotatable bonds is 8. The molecule has 0 aliphatic rings. The van der Waals surface area contributed by atoms with Crippen molar-refractivity contribution in [3.8, 4) is 5.75 Å². The van der Waals surface area contributed by atoms with Crippen LogP contribution >= 0.6 is 0 Å². The standard InChI is InChI=1S/C16H23F3N2O2/c1-4-12(10-21-15(22)11(2)9-20-3)23-14-8-6-5-7-13(14)16(17,18)19/h5-8,11-12,20H,4,9-10H2,1-3H3,(H,21,22). The van der Waals surface area contributed by atoms with E-state index in [0.717, 1.165) is 6.07 Å². The van der Waals surface area contributed by atoms with Crippen molar-refractivity contribution in [2.24, 2.45) is 5.92 Å². The van der Waals surface area contributed by atoms with E-state index < -0.39 is 17.8 Å². The lowest BCUT2D eigenvalue weighted by molar-refractivity contribution is -0.139. The van der Waals surface area contributed by atoms with Crippen molar-refractivity contribution in [2.45, 2.75) is 32.5 Å². The molecule has 1 amide bonds. The van der Waals surface area contributed by atoms with Gasteiger partial charge in [-0.1, -0.05) is 26.0 Å². The second-order valence-electron chi connectivity index (χ2n) is 5.35. The lowest BCUT2D eigenvalue weighted by atomic mass is 10.1. The molecule has 7 heteroatoms. The highest BCUT2D eigenvalue weighted by molar-refractivity contribution is 5.78. The summed E-state index contributed by atoms with van der Waals surface area (Å²) in [5.41, 5.74) is -0.812. The van der Waals surface area contributed by atoms with Crippen LogP contribution in [-0.2, 0) is 11.0 Å². The number of carbonyl (C=O) groups excluding carboxylic acids is 1. The predicted octanol–water partition coefficient (Wildman–Crippen LogP) is 2.83. The van der Waals surface area contributed by atoms with Crippen LogP contribution in [0.15, 0.2) is 24.3 Å². The van der Waals surface area contributed by atoms with E-state index in [1.807, 2.05) is 0 Å². The molecule has 2 N–H and O–H groups in total. The highest BCUT2D eigenvalue weighted by Gasteiger charge is 2.34. The number of ether oxygens (including phenoxy) is 1. The molecule has 0 spiro atoms. The van der Waals surface area contributed by atoms with Gasteiger partial charge in [0.25, 0.3) is 0 Å². The van der Waals surface area contributed by atoms with Gasteiger partial charge in [-0.2, -0.15) is 13.2 Å². The van der Waals surface area contributed by atoms with Crippen molar-refractivity contribution >= 4 is 5.91 Å². The molecule has 0 fully saturated rings. The van der Waals surface area contributed by atoms with E-state index in [2.05, 4.69) is 10.6 Å². The second-order valence-corrected chi connectivity index (χ2v) is 5.35. The lowest BCUT2D eigenvalue weighted by Gasteiger charge is -2.22. The zero-order valence-electron chi connectivity index (χ0n) is 13.5. The molecule has 130 valence electrons. The van der Waals surface area contributed by atoms with Gasteiger partial charge in [0.15, 0.2) is 0 Å². The molecule has 0 aliphatic carbocycles. The van der Waals surface area contributed by atoms with Crippen LogP contribution in [0.1, 0.15) is 25.8 Å². The summed E-state index contributed by atoms with van der Waals surface area (Å²) in [5, 5.41) is 5.61. The van der Waals surface area contributed by atoms with Crippen molar-refractivity contribution in [1.82, 2.24) is 10.6 Å². The van der Waals surface area contributed by atoms with Crippen molar-refractivity contribution in [1.29, 1.82) is 0 Å². The Bertz CT molecular complexity index is 506. The molecule has 0 aromatic heterocycles. The SMILES string of the molecule is CCC(CNC(=O)C(C)CNC)Oc1ccccc1C(F)(F)F. The Morgan fingerprint density at radius 2 is 1.91 bits per heavy atom. The Morgan fingerprint density at radius 1 is 1.26 bits per heavy atom. The van der Waals surface area contributed by atoms with Crippen LogP contribution in [0.3, 0.4) is 0 Å². The van der Waals surface area contributed by atoms with Gasteiger partial charge >= 0.3 is 6.18 Å². The van der Waals surface area contributed by atoms with Crippen LogP contribution in [0.5, 0.6) is 5.75 Å². The fraction of sp³-hybridized carbons (Fsp3) is 0.562. The van der Waals surface area contributed by atoms with Gasteiger partial charge in [-0.25, -0.2) is 0 Å². The molecule has 0 saturated heterocycles. The first kappa shape index (κ1) is 19.3. The number of carbonyl (C=O) groups is 1. The van der Waals surface area contributed by atoms with Crippen molar-refractivity contribution in [3.63, 3.8) is 0 Å². The van der Waals surface area contributed by atoms with Crippen molar-refractivity contribution in [3.05, 3.63) is 29.8 Å². The number of para-hydroxylation sites is 1. The van der Waals surface area contributed by atoms with Gasteiger partial charge in [-0.15, -0.1) is 0 Å². The summed E-state index contributed by atoms with van der Waals surface area (Å²) in [6, 6.07) is 5.08. The molecule has 1 aromatic rings. The maximum absolute atomic E-state index is 13.0. The molecule has 2 unspecified atom stereocenters. The van der Waals surface area contributed by atoms with E-state index in [0.29, 0.717) is 13.0 Å². The number of amides is 1. The van der Waals surface area contributed by atoms with Crippen LogP contribution < -0.4 is 15.4 Å². The van der Waals surface area contributed by atoms with Gasteiger partial charge in [-0.3, -0.25) is 4.79 Å². The topological polar surface area (TPSA) is 50.4 Å². The van der Waals surface area contributed by atoms with E-state index >= 15 is 0 Å². The number of hydrogen-bond acceptors (Lipinski definition) is 3. The first-order chi connectivity index (χ1) is 10.8. The van der Waals surface area contributed by atoms with Gasteiger partial charge in [0.05, 0.1) is 12.1 Å². The lowest BCUT2D eigenvalue weighted by Crippen LogP contribution is -2.40. The average molecular weight is 332 g/mol. The van der Waals surface area contributed by atoms with E-state index in [1.165, 1.54) is 18.2 Å². The summed E-state index contributed by atoms with van der Waals surface area (Å²) in [6.07, 6.45) is -4.52. The Morgan fingerprint density at radius 3 is 2.48 bits per heavy atom. The highest BCUT2D eigenvalue weighted by Crippen LogP contribution is 2.36. The molecule has 0 bridgehead atoms. The number of benzene rings is 1. The molecule has 1 rings (SSSR count). The molecule has 23 heavy (non-hydrogen) atoms. The smallest absolute Gasteiger partial charge is 0.419 e. The summed E-state index contributed by atoms with van der Waals surface area (Å²) in [6.45, 7) is 4.26. The number of hydrogen-bond donors (Lipinski definition) is 2. The largest absolute Gasteiger partial charge is 0.488 e. The Kier molecular flexibility index (Phi) is 7.35. The third-order valence-corrected chi connectivity index (χ3v) is 3.40. The van der Waals surface area contributed by atoms with Gasteiger partial charge in [0.2, 0.25) is 5.91 Å². The minimum atomic E-state index is -4.47. The van der Waals surface area contributed by atoms with E-state index in [9.17, 15) is 18.0 Å². The predicted molar refractivity (Wildman–Crippen MR) is 82.3 cm³/mol. The Labute approximate surface area is 134 Å². The van der Waals surface area contributed by atoms with Crippen molar-refractivity contribution in [2.75, 3.05) is 20.1 Å². The van der Waals surface area contributed by atoms with Crippen LogP contribution in [0.2, 0.25) is 0 Å². The fourth-order valence-electron chi connectivity index (χ4n) is 2.04. The molecule has 0 heterocycles. The summed E-state index contributed by atoms with van der Waals surface area (Å²) in [4.78, 5) is 11.8. The zero-order chi connectivity index (χ0) is 17.5. The maximum Gasteiger partial charge on any atom is 0.419 e. The summed E-state index contributed by atoms with van der Waals surface area (Å²) in [7, 11) is 1.75. The number of nitrogens with one attached hydrogen (secondary N) is 2. The summed E-state index contributed by atoms with van der Waals surface area (Å²) < 4.78 is 44.3. The van der Waals surface area contributed by atoms with E-state index in [4.69, 9.17) is 4.74 Å². The monoisotopic (exact) mass is 332 g/mol. The van der Waals surface area contributed by atoms with Gasteiger partial charge in [0.1, 0.15) is 11.9 Å². The minimum absolute atomic E-state index is 0.162. The number of halogens is 3. The zero-order valence-corrected chi connectivity index (χ0v) is 13.5. The van der Waals surface area contributed by atoms with E-state index in [1.54, 1.807) is 20.9 Å².